The van der Waals surface area contributed by atoms with Gasteiger partial charge in [-0.3, -0.25) is 14.9 Å². The van der Waals surface area contributed by atoms with Crippen molar-refractivity contribution in [2.75, 3.05) is 6.54 Å². The van der Waals surface area contributed by atoms with Crippen LogP contribution in [0.2, 0.25) is 0 Å². The maximum absolute atomic E-state index is 12.1. The Morgan fingerprint density at radius 2 is 1.96 bits per heavy atom. The van der Waals surface area contributed by atoms with Crippen LogP contribution in [0.15, 0.2) is 55.1 Å². The maximum atomic E-state index is 12.1. The summed E-state index contributed by atoms with van der Waals surface area (Å²) in [4.78, 5) is 34.9. The molecule has 0 radical (unpaired) electrons. The molecule has 0 saturated carbocycles. The minimum Gasteiger partial charge on any atom is -0.350 e. The third-order valence-electron chi connectivity index (χ3n) is 3.44. The van der Waals surface area contributed by atoms with Gasteiger partial charge in [-0.05, 0) is 12.1 Å². The van der Waals surface area contributed by atoms with Gasteiger partial charge in [0.25, 0.3) is 11.6 Å². The largest absolute Gasteiger partial charge is 0.350 e. The van der Waals surface area contributed by atoms with E-state index in [1.807, 2.05) is 4.57 Å². The SMILES string of the molecule is O=C(NCCn1ccnc1-c1ncccn1)c1cccc([N+](=O)[O-])c1. The van der Waals surface area contributed by atoms with Crippen LogP contribution in [0.1, 0.15) is 10.4 Å². The van der Waals surface area contributed by atoms with Crippen LogP contribution in [-0.2, 0) is 6.54 Å². The summed E-state index contributed by atoms with van der Waals surface area (Å²) in [5.74, 6) is 0.726. The Morgan fingerprint density at radius 3 is 2.72 bits per heavy atom. The summed E-state index contributed by atoms with van der Waals surface area (Å²) in [7, 11) is 0. The van der Waals surface area contributed by atoms with E-state index >= 15 is 0 Å². The topological polar surface area (TPSA) is 116 Å². The molecule has 3 aromatic rings. The molecule has 0 saturated heterocycles. The smallest absolute Gasteiger partial charge is 0.270 e. The maximum Gasteiger partial charge on any atom is 0.270 e. The van der Waals surface area contributed by atoms with Crippen molar-refractivity contribution in [3.63, 3.8) is 0 Å². The van der Waals surface area contributed by atoms with Crippen molar-refractivity contribution < 1.29 is 9.72 Å². The monoisotopic (exact) mass is 338 g/mol. The van der Waals surface area contributed by atoms with Crippen LogP contribution in [0.5, 0.6) is 0 Å². The number of nitro groups is 1. The minimum atomic E-state index is -0.533. The quantitative estimate of drug-likeness (QED) is 0.540. The molecule has 0 aliphatic heterocycles. The number of amides is 1. The number of hydrogen-bond donors (Lipinski definition) is 1. The van der Waals surface area contributed by atoms with Crippen LogP contribution in [0.3, 0.4) is 0 Å². The number of imidazole rings is 1. The summed E-state index contributed by atoms with van der Waals surface area (Å²) in [5.41, 5.74) is 0.122. The minimum absolute atomic E-state index is 0.120. The van der Waals surface area contributed by atoms with E-state index in [1.165, 1.54) is 24.3 Å². The normalized spacial score (nSPS) is 10.4. The van der Waals surface area contributed by atoms with E-state index in [9.17, 15) is 14.9 Å². The van der Waals surface area contributed by atoms with Gasteiger partial charge >= 0.3 is 0 Å². The van der Waals surface area contributed by atoms with Crippen LogP contribution in [-0.4, -0.2) is 36.9 Å². The van der Waals surface area contributed by atoms with E-state index in [4.69, 9.17) is 0 Å². The molecule has 1 aromatic carbocycles. The summed E-state index contributed by atoms with van der Waals surface area (Å²) < 4.78 is 1.82. The number of carbonyl (C=O) groups is 1. The Balaban J connectivity index is 1.62. The zero-order valence-electron chi connectivity index (χ0n) is 13.1. The molecule has 9 nitrogen and oxygen atoms in total. The molecule has 0 unspecified atom stereocenters. The Morgan fingerprint density at radius 1 is 1.16 bits per heavy atom. The van der Waals surface area contributed by atoms with Crippen LogP contribution in [0.4, 0.5) is 5.69 Å². The molecule has 0 atom stereocenters. The second kappa shape index (κ2) is 7.30. The zero-order chi connectivity index (χ0) is 17.6. The van der Waals surface area contributed by atoms with Crippen LogP contribution in [0.25, 0.3) is 11.6 Å². The molecule has 1 amide bonds. The number of nitrogens with zero attached hydrogens (tertiary/aromatic N) is 5. The molecular formula is C16H14N6O3. The molecule has 3 rings (SSSR count). The van der Waals surface area contributed by atoms with Crippen LogP contribution >= 0.6 is 0 Å². The molecule has 0 aliphatic rings. The fourth-order valence-corrected chi connectivity index (χ4v) is 2.26. The molecule has 0 spiro atoms. The fraction of sp³-hybridized carbons (Fsp3) is 0.125. The van der Waals surface area contributed by atoms with Gasteiger partial charge < -0.3 is 9.88 Å². The highest BCUT2D eigenvalue weighted by Crippen LogP contribution is 2.13. The number of aromatic nitrogens is 4. The summed E-state index contributed by atoms with van der Waals surface area (Å²) in [6.45, 7) is 0.798. The Bertz CT molecular complexity index is 894. The first-order chi connectivity index (χ1) is 12.1. The van der Waals surface area contributed by atoms with Gasteiger partial charge in [0.1, 0.15) is 0 Å². The fourth-order valence-electron chi connectivity index (χ4n) is 2.26. The average molecular weight is 338 g/mol. The zero-order valence-corrected chi connectivity index (χ0v) is 13.1. The summed E-state index contributed by atoms with van der Waals surface area (Å²) in [5, 5.41) is 13.5. The van der Waals surface area contributed by atoms with E-state index in [-0.39, 0.29) is 17.2 Å². The molecule has 2 heterocycles. The second-order valence-electron chi connectivity index (χ2n) is 5.08. The molecule has 0 bridgehead atoms. The highest BCUT2D eigenvalue weighted by Gasteiger charge is 2.12. The number of rotatable bonds is 6. The summed E-state index contributed by atoms with van der Waals surface area (Å²) in [6, 6.07) is 7.32. The molecule has 9 heteroatoms. The first-order valence-corrected chi connectivity index (χ1v) is 7.46. The molecule has 126 valence electrons. The highest BCUT2D eigenvalue weighted by atomic mass is 16.6. The first-order valence-electron chi connectivity index (χ1n) is 7.46. The van der Waals surface area contributed by atoms with Gasteiger partial charge in [0, 0.05) is 55.6 Å². The predicted molar refractivity (Wildman–Crippen MR) is 88.7 cm³/mol. The Labute approximate surface area is 142 Å². The van der Waals surface area contributed by atoms with Crippen molar-refractivity contribution >= 4 is 11.6 Å². The highest BCUT2D eigenvalue weighted by molar-refractivity contribution is 5.94. The number of nitrogens with one attached hydrogen (secondary N) is 1. The van der Waals surface area contributed by atoms with E-state index in [0.29, 0.717) is 24.7 Å². The Kier molecular flexibility index (Phi) is 4.74. The summed E-state index contributed by atoms with van der Waals surface area (Å²) in [6.07, 6.45) is 6.66. The second-order valence-corrected chi connectivity index (χ2v) is 5.08. The van der Waals surface area contributed by atoms with Crippen molar-refractivity contribution in [1.29, 1.82) is 0 Å². The van der Waals surface area contributed by atoms with Gasteiger partial charge in [-0.25, -0.2) is 15.0 Å². The van der Waals surface area contributed by atoms with Gasteiger partial charge in [0.05, 0.1) is 4.92 Å². The number of hydrogen-bond acceptors (Lipinski definition) is 6. The van der Waals surface area contributed by atoms with Crippen molar-refractivity contribution in [3.05, 3.63) is 70.8 Å². The van der Waals surface area contributed by atoms with Gasteiger partial charge in [-0.2, -0.15) is 0 Å². The van der Waals surface area contributed by atoms with Crippen molar-refractivity contribution in [2.45, 2.75) is 6.54 Å². The van der Waals surface area contributed by atoms with E-state index < -0.39 is 4.92 Å². The van der Waals surface area contributed by atoms with Gasteiger partial charge in [-0.1, -0.05) is 6.07 Å². The van der Waals surface area contributed by atoms with Crippen LogP contribution < -0.4 is 5.32 Å². The lowest BCUT2D eigenvalue weighted by atomic mass is 10.2. The average Bonchev–Trinajstić information content (AvgIpc) is 3.11. The predicted octanol–water partition coefficient (Wildman–Crippen LogP) is 1.68. The van der Waals surface area contributed by atoms with Crippen LogP contribution in [0, 0.1) is 10.1 Å². The van der Waals surface area contributed by atoms with Gasteiger partial charge in [0.2, 0.25) is 0 Å². The molecule has 2 aromatic heterocycles. The van der Waals surface area contributed by atoms with E-state index in [0.717, 1.165) is 0 Å². The van der Waals surface area contributed by atoms with Crippen molar-refractivity contribution in [2.24, 2.45) is 0 Å². The lowest BCUT2D eigenvalue weighted by Gasteiger charge is -2.08. The van der Waals surface area contributed by atoms with Gasteiger partial charge in [0.15, 0.2) is 11.6 Å². The van der Waals surface area contributed by atoms with Gasteiger partial charge in [-0.15, -0.1) is 0 Å². The van der Waals surface area contributed by atoms with Crippen molar-refractivity contribution in [3.8, 4) is 11.6 Å². The number of non-ortho nitro benzene ring substituents is 1. The number of nitro benzene ring substituents is 1. The molecule has 0 aliphatic carbocycles. The Hall–Kier alpha value is -3.62. The molecule has 0 fully saturated rings. The first kappa shape index (κ1) is 16.2. The third-order valence-corrected chi connectivity index (χ3v) is 3.44. The van der Waals surface area contributed by atoms with E-state index in [1.54, 1.807) is 30.9 Å². The lowest BCUT2D eigenvalue weighted by Crippen LogP contribution is -2.27. The van der Waals surface area contributed by atoms with E-state index in [2.05, 4.69) is 20.3 Å². The standard InChI is InChI=1S/C16H14N6O3/c23-16(12-3-1-4-13(11-12)22(24)25)20-8-10-21-9-7-19-15(21)14-17-5-2-6-18-14/h1-7,9,11H,8,10H2,(H,20,23). The van der Waals surface area contributed by atoms with Crippen molar-refractivity contribution in [1.82, 2.24) is 24.8 Å². The summed E-state index contributed by atoms with van der Waals surface area (Å²) >= 11 is 0. The molecule has 1 N–H and O–H groups in total. The number of carbonyl (C=O) groups excluding carboxylic acids is 1. The molecule has 25 heavy (non-hydrogen) atoms. The molecular weight excluding hydrogens is 324 g/mol. The number of benzene rings is 1. The third kappa shape index (κ3) is 3.83. The lowest BCUT2D eigenvalue weighted by molar-refractivity contribution is -0.384.